The SMILES string of the molecule is CNc1ccc(N2CCCCC2=N)cc1. The van der Waals surface area contributed by atoms with Crippen molar-refractivity contribution in [2.45, 2.75) is 19.3 Å². The summed E-state index contributed by atoms with van der Waals surface area (Å²) in [5.74, 6) is 0.749. The molecule has 0 aliphatic carbocycles. The van der Waals surface area contributed by atoms with Crippen LogP contribution in [-0.4, -0.2) is 19.4 Å². The van der Waals surface area contributed by atoms with E-state index >= 15 is 0 Å². The lowest BCUT2D eigenvalue weighted by atomic mass is 10.1. The van der Waals surface area contributed by atoms with Crippen molar-refractivity contribution in [3.63, 3.8) is 0 Å². The molecular weight excluding hydrogens is 186 g/mol. The second-order valence-corrected chi connectivity index (χ2v) is 3.85. The van der Waals surface area contributed by atoms with Crippen LogP contribution < -0.4 is 10.2 Å². The number of nitrogens with zero attached hydrogens (tertiary/aromatic N) is 1. The average molecular weight is 203 g/mol. The topological polar surface area (TPSA) is 39.1 Å². The molecule has 3 heteroatoms. The van der Waals surface area contributed by atoms with Gasteiger partial charge in [-0.15, -0.1) is 0 Å². The van der Waals surface area contributed by atoms with Gasteiger partial charge < -0.3 is 10.2 Å². The molecule has 1 fully saturated rings. The summed E-state index contributed by atoms with van der Waals surface area (Å²) in [5.41, 5.74) is 2.25. The molecule has 1 aromatic rings. The van der Waals surface area contributed by atoms with Crippen molar-refractivity contribution in [2.24, 2.45) is 0 Å². The van der Waals surface area contributed by atoms with Crippen LogP contribution in [0.3, 0.4) is 0 Å². The maximum atomic E-state index is 7.89. The molecule has 0 radical (unpaired) electrons. The molecule has 80 valence electrons. The smallest absolute Gasteiger partial charge is 0.100 e. The predicted octanol–water partition coefficient (Wildman–Crippen LogP) is 2.70. The van der Waals surface area contributed by atoms with E-state index in [-0.39, 0.29) is 0 Å². The van der Waals surface area contributed by atoms with Gasteiger partial charge in [-0.25, -0.2) is 0 Å². The Kier molecular flexibility index (Phi) is 2.90. The van der Waals surface area contributed by atoms with Crippen LogP contribution in [0, 0.1) is 5.41 Å². The Labute approximate surface area is 90.6 Å². The molecule has 0 atom stereocenters. The first-order chi connectivity index (χ1) is 7.31. The number of amidine groups is 1. The lowest BCUT2D eigenvalue weighted by molar-refractivity contribution is 0.707. The van der Waals surface area contributed by atoms with Gasteiger partial charge >= 0.3 is 0 Å². The van der Waals surface area contributed by atoms with Gasteiger partial charge in [-0.05, 0) is 37.1 Å². The maximum Gasteiger partial charge on any atom is 0.100 e. The number of rotatable bonds is 2. The molecule has 0 saturated carbocycles. The fourth-order valence-corrected chi connectivity index (χ4v) is 1.93. The van der Waals surface area contributed by atoms with E-state index in [9.17, 15) is 0 Å². The molecule has 0 unspecified atom stereocenters. The molecule has 0 bridgehead atoms. The number of nitrogens with one attached hydrogen (secondary N) is 2. The van der Waals surface area contributed by atoms with Crippen molar-refractivity contribution < 1.29 is 0 Å². The van der Waals surface area contributed by atoms with E-state index in [4.69, 9.17) is 5.41 Å². The molecule has 2 rings (SSSR count). The minimum Gasteiger partial charge on any atom is -0.388 e. The number of piperidine rings is 1. The van der Waals surface area contributed by atoms with Crippen molar-refractivity contribution in [1.82, 2.24) is 0 Å². The molecule has 0 aromatic heterocycles. The minimum atomic E-state index is 0.749. The fourth-order valence-electron chi connectivity index (χ4n) is 1.93. The molecule has 1 aliphatic rings. The zero-order valence-electron chi connectivity index (χ0n) is 9.09. The highest BCUT2D eigenvalue weighted by atomic mass is 15.2. The fraction of sp³-hybridized carbons (Fsp3) is 0.417. The van der Waals surface area contributed by atoms with Crippen molar-refractivity contribution in [3.8, 4) is 0 Å². The van der Waals surface area contributed by atoms with E-state index in [0.29, 0.717) is 0 Å². The summed E-state index contributed by atoms with van der Waals surface area (Å²) < 4.78 is 0. The van der Waals surface area contributed by atoms with Gasteiger partial charge in [0, 0.05) is 31.4 Å². The van der Waals surface area contributed by atoms with Crippen molar-refractivity contribution in [3.05, 3.63) is 24.3 Å². The Hall–Kier alpha value is -1.51. The van der Waals surface area contributed by atoms with E-state index in [0.717, 1.165) is 36.6 Å². The number of hydrogen-bond donors (Lipinski definition) is 2. The summed E-state index contributed by atoms with van der Waals surface area (Å²) in [6.07, 6.45) is 3.26. The number of hydrogen-bond acceptors (Lipinski definition) is 2. The first-order valence-electron chi connectivity index (χ1n) is 5.44. The average Bonchev–Trinajstić information content (AvgIpc) is 2.30. The quantitative estimate of drug-likeness (QED) is 0.775. The minimum absolute atomic E-state index is 0.749. The summed E-state index contributed by atoms with van der Waals surface area (Å²) >= 11 is 0. The highest BCUT2D eigenvalue weighted by Crippen LogP contribution is 2.22. The van der Waals surface area contributed by atoms with Crippen LogP contribution in [-0.2, 0) is 0 Å². The molecule has 1 aromatic carbocycles. The Morgan fingerprint density at radius 1 is 1.20 bits per heavy atom. The molecule has 3 nitrogen and oxygen atoms in total. The summed E-state index contributed by atoms with van der Waals surface area (Å²) in [7, 11) is 1.91. The van der Waals surface area contributed by atoms with Crippen LogP contribution in [0.4, 0.5) is 11.4 Å². The van der Waals surface area contributed by atoms with Crippen molar-refractivity contribution in [1.29, 1.82) is 5.41 Å². The van der Waals surface area contributed by atoms with Crippen LogP contribution >= 0.6 is 0 Å². The third-order valence-corrected chi connectivity index (χ3v) is 2.84. The first kappa shape index (κ1) is 10.0. The third-order valence-electron chi connectivity index (χ3n) is 2.84. The Morgan fingerprint density at radius 2 is 1.93 bits per heavy atom. The lowest BCUT2D eigenvalue weighted by Gasteiger charge is -2.29. The van der Waals surface area contributed by atoms with Gasteiger partial charge in [0.25, 0.3) is 0 Å². The Morgan fingerprint density at radius 3 is 2.53 bits per heavy atom. The van der Waals surface area contributed by atoms with Crippen LogP contribution in [0.5, 0.6) is 0 Å². The van der Waals surface area contributed by atoms with Crippen molar-refractivity contribution >= 4 is 17.2 Å². The second kappa shape index (κ2) is 4.34. The summed E-state index contributed by atoms with van der Waals surface area (Å²) in [6.45, 7) is 0.984. The van der Waals surface area contributed by atoms with E-state index in [2.05, 4.69) is 34.5 Å². The van der Waals surface area contributed by atoms with Gasteiger partial charge in [0.1, 0.15) is 5.84 Å². The van der Waals surface area contributed by atoms with E-state index in [1.807, 2.05) is 7.05 Å². The van der Waals surface area contributed by atoms with Crippen molar-refractivity contribution in [2.75, 3.05) is 23.8 Å². The Bertz CT molecular complexity index is 342. The van der Waals surface area contributed by atoms with Crippen LogP contribution in [0.25, 0.3) is 0 Å². The highest BCUT2D eigenvalue weighted by Gasteiger charge is 2.15. The largest absolute Gasteiger partial charge is 0.388 e. The molecule has 1 heterocycles. The summed E-state index contributed by atoms with van der Waals surface area (Å²) in [5, 5.41) is 11.0. The summed E-state index contributed by atoms with van der Waals surface area (Å²) in [4.78, 5) is 2.10. The zero-order valence-corrected chi connectivity index (χ0v) is 9.09. The van der Waals surface area contributed by atoms with E-state index in [1.165, 1.54) is 6.42 Å². The van der Waals surface area contributed by atoms with Crippen LogP contribution in [0.2, 0.25) is 0 Å². The number of anilines is 2. The van der Waals surface area contributed by atoms with Gasteiger partial charge in [-0.3, -0.25) is 5.41 Å². The number of benzene rings is 1. The standard InChI is InChI=1S/C12H17N3/c1-14-10-5-7-11(8-6-10)15-9-3-2-4-12(15)13/h5-8,13-14H,2-4,9H2,1H3. The van der Waals surface area contributed by atoms with Gasteiger partial charge in [0.15, 0.2) is 0 Å². The normalized spacial score (nSPS) is 16.6. The predicted molar refractivity (Wildman–Crippen MR) is 64.9 cm³/mol. The molecule has 1 saturated heterocycles. The van der Waals surface area contributed by atoms with Gasteiger partial charge in [0.2, 0.25) is 0 Å². The lowest BCUT2D eigenvalue weighted by Crippen LogP contribution is -2.34. The molecule has 0 amide bonds. The van der Waals surface area contributed by atoms with Crippen LogP contribution in [0.1, 0.15) is 19.3 Å². The highest BCUT2D eigenvalue weighted by molar-refractivity contribution is 5.96. The summed E-state index contributed by atoms with van der Waals surface area (Å²) in [6, 6.07) is 8.26. The molecule has 0 spiro atoms. The molecule has 2 N–H and O–H groups in total. The first-order valence-corrected chi connectivity index (χ1v) is 5.44. The van der Waals surface area contributed by atoms with E-state index in [1.54, 1.807) is 0 Å². The van der Waals surface area contributed by atoms with Gasteiger partial charge in [-0.2, -0.15) is 0 Å². The molecular formula is C12H17N3. The van der Waals surface area contributed by atoms with E-state index < -0.39 is 0 Å². The van der Waals surface area contributed by atoms with Gasteiger partial charge in [-0.1, -0.05) is 0 Å². The molecule has 1 aliphatic heterocycles. The monoisotopic (exact) mass is 203 g/mol. The maximum absolute atomic E-state index is 7.89. The second-order valence-electron chi connectivity index (χ2n) is 3.85. The van der Waals surface area contributed by atoms with Gasteiger partial charge in [0.05, 0.1) is 0 Å². The zero-order chi connectivity index (χ0) is 10.7. The third kappa shape index (κ3) is 2.12. The molecule has 15 heavy (non-hydrogen) atoms. The van der Waals surface area contributed by atoms with Crippen LogP contribution in [0.15, 0.2) is 24.3 Å². The Balaban J connectivity index is 2.17.